The van der Waals surface area contributed by atoms with Crippen molar-refractivity contribution in [2.24, 2.45) is 22.6 Å². The first-order chi connectivity index (χ1) is 16.1. The van der Waals surface area contributed by atoms with E-state index in [4.69, 9.17) is 15.2 Å². The maximum atomic E-state index is 13.3. The fraction of sp³-hybridized carbons (Fsp3) is 0.654. The molecule has 0 radical (unpaired) electrons. The summed E-state index contributed by atoms with van der Waals surface area (Å²) in [5.41, 5.74) is 6.48. The number of ether oxygens (including phenoxy) is 2. The van der Waals surface area contributed by atoms with Crippen molar-refractivity contribution in [3.63, 3.8) is 0 Å². The van der Waals surface area contributed by atoms with E-state index in [0.29, 0.717) is 25.9 Å². The number of nitrogens with zero attached hydrogens (tertiary/aromatic N) is 2. The van der Waals surface area contributed by atoms with Crippen molar-refractivity contribution >= 4 is 17.8 Å². The molecule has 0 saturated heterocycles. The number of amides is 2. The zero-order valence-corrected chi connectivity index (χ0v) is 21.0. The number of nitrogens with one attached hydrogen (secondary N) is 1. The van der Waals surface area contributed by atoms with E-state index < -0.39 is 5.54 Å². The number of guanidine groups is 1. The zero-order valence-electron chi connectivity index (χ0n) is 21.0. The van der Waals surface area contributed by atoms with Crippen LogP contribution in [0.3, 0.4) is 0 Å². The quantitative estimate of drug-likeness (QED) is 0.607. The van der Waals surface area contributed by atoms with Crippen molar-refractivity contribution in [2.45, 2.75) is 83.0 Å². The maximum absolute atomic E-state index is 13.3. The van der Waals surface area contributed by atoms with Crippen LogP contribution in [0, 0.1) is 11.8 Å². The van der Waals surface area contributed by atoms with E-state index in [0.717, 1.165) is 24.2 Å². The molecule has 34 heavy (non-hydrogen) atoms. The van der Waals surface area contributed by atoms with Gasteiger partial charge in [-0.15, -0.1) is 0 Å². The highest BCUT2D eigenvalue weighted by Gasteiger charge is 2.52. The smallest absolute Gasteiger partial charge is 0.231 e. The molecule has 0 aromatic heterocycles. The first kappa shape index (κ1) is 24.5. The number of aliphatic imine (C=N–C) groups is 1. The zero-order chi connectivity index (χ0) is 24.7. The molecule has 1 aromatic carbocycles. The number of carbonyl (C=O) groups excluding carboxylic acids is 2. The van der Waals surface area contributed by atoms with Crippen LogP contribution in [0.4, 0.5) is 0 Å². The third-order valence-corrected chi connectivity index (χ3v) is 7.51. The Hall–Kier alpha value is -2.61. The Morgan fingerprint density at radius 2 is 2.09 bits per heavy atom. The summed E-state index contributed by atoms with van der Waals surface area (Å²) in [5, 5.41) is 3.27. The standard InChI is InChI=1S/C26H38N4O4/c1-6-26(4)15-22(31)30(24(27)29-26)20(11-12-33-5)17-13-18(17)23(32)28-19-14-25(2,3)34-21-10-8-7-9-16(19)21/h7-10,17-20H,6,11-15H2,1-5H3,(H2,27,29)(H,28,32)/t17?,18-,19+,20-,26-/m1/s1. The van der Waals surface area contributed by atoms with Crippen molar-refractivity contribution < 1.29 is 19.1 Å². The minimum absolute atomic E-state index is 0.0169. The average molecular weight is 471 g/mol. The Bertz CT molecular complexity index is 977. The summed E-state index contributed by atoms with van der Waals surface area (Å²) in [5.74, 6) is 0.929. The first-order valence-electron chi connectivity index (χ1n) is 12.3. The van der Waals surface area contributed by atoms with Gasteiger partial charge in [-0.25, -0.2) is 4.99 Å². The number of fused-ring (bicyclic) bond motifs is 1. The van der Waals surface area contributed by atoms with Gasteiger partial charge in [0.1, 0.15) is 11.4 Å². The molecule has 0 bridgehead atoms. The molecule has 5 atom stereocenters. The van der Waals surface area contributed by atoms with Crippen molar-refractivity contribution in [2.75, 3.05) is 13.7 Å². The van der Waals surface area contributed by atoms with Gasteiger partial charge in [0.2, 0.25) is 11.8 Å². The number of benzene rings is 1. The molecule has 1 fully saturated rings. The molecule has 186 valence electrons. The number of nitrogens with two attached hydrogens (primary N) is 1. The van der Waals surface area contributed by atoms with E-state index in [1.165, 1.54) is 0 Å². The fourth-order valence-electron chi connectivity index (χ4n) is 5.39. The fourth-order valence-corrected chi connectivity index (χ4v) is 5.39. The molecule has 1 saturated carbocycles. The minimum atomic E-state index is -0.465. The molecule has 3 N–H and O–H groups in total. The van der Waals surface area contributed by atoms with Crippen LogP contribution in [0.25, 0.3) is 0 Å². The molecule has 3 aliphatic rings. The van der Waals surface area contributed by atoms with Gasteiger partial charge in [0.05, 0.1) is 18.0 Å². The van der Waals surface area contributed by atoms with E-state index in [1.807, 2.05) is 52.0 Å². The number of hydrogen-bond acceptors (Lipinski definition) is 6. The molecule has 1 aromatic rings. The molecule has 0 spiro atoms. The summed E-state index contributed by atoms with van der Waals surface area (Å²) in [4.78, 5) is 32.7. The van der Waals surface area contributed by atoms with E-state index in [9.17, 15) is 9.59 Å². The largest absolute Gasteiger partial charge is 0.487 e. The first-order valence-corrected chi connectivity index (χ1v) is 12.3. The van der Waals surface area contributed by atoms with Crippen LogP contribution < -0.4 is 15.8 Å². The monoisotopic (exact) mass is 470 g/mol. The molecular formula is C26H38N4O4. The predicted octanol–water partition coefficient (Wildman–Crippen LogP) is 3.16. The van der Waals surface area contributed by atoms with Crippen LogP contribution in [-0.4, -0.2) is 53.6 Å². The van der Waals surface area contributed by atoms with E-state index >= 15 is 0 Å². The second-order valence-corrected chi connectivity index (χ2v) is 10.8. The van der Waals surface area contributed by atoms with Crippen LogP contribution in [0.15, 0.2) is 29.3 Å². The van der Waals surface area contributed by atoms with Crippen molar-refractivity contribution in [3.05, 3.63) is 29.8 Å². The summed E-state index contributed by atoms with van der Waals surface area (Å²) in [6.07, 6.45) is 3.10. The summed E-state index contributed by atoms with van der Waals surface area (Å²) >= 11 is 0. The van der Waals surface area contributed by atoms with E-state index in [1.54, 1.807) is 12.0 Å². The van der Waals surface area contributed by atoms with Gasteiger partial charge in [-0.1, -0.05) is 25.1 Å². The topological polar surface area (TPSA) is 106 Å². The number of hydrogen-bond donors (Lipinski definition) is 2. The van der Waals surface area contributed by atoms with Gasteiger partial charge in [0, 0.05) is 37.7 Å². The molecular weight excluding hydrogens is 432 g/mol. The maximum Gasteiger partial charge on any atom is 0.231 e. The van der Waals surface area contributed by atoms with Crippen molar-refractivity contribution in [3.8, 4) is 5.75 Å². The van der Waals surface area contributed by atoms with Gasteiger partial charge in [-0.2, -0.15) is 0 Å². The van der Waals surface area contributed by atoms with Crippen LogP contribution >= 0.6 is 0 Å². The van der Waals surface area contributed by atoms with E-state index in [2.05, 4.69) is 10.3 Å². The summed E-state index contributed by atoms with van der Waals surface area (Å²) in [7, 11) is 1.64. The van der Waals surface area contributed by atoms with Gasteiger partial charge in [-0.05, 0) is 52.0 Å². The minimum Gasteiger partial charge on any atom is -0.487 e. The Labute approximate surface area is 202 Å². The van der Waals surface area contributed by atoms with Crippen LogP contribution in [0.2, 0.25) is 0 Å². The summed E-state index contributed by atoms with van der Waals surface area (Å²) in [6.45, 7) is 8.53. The predicted molar refractivity (Wildman–Crippen MR) is 130 cm³/mol. The van der Waals surface area contributed by atoms with Crippen LogP contribution in [0.5, 0.6) is 5.75 Å². The highest BCUT2D eigenvalue weighted by Crippen LogP contribution is 2.47. The lowest BCUT2D eigenvalue weighted by molar-refractivity contribution is -0.132. The third-order valence-electron chi connectivity index (χ3n) is 7.51. The van der Waals surface area contributed by atoms with Crippen molar-refractivity contribution in [1.29, 1.82) is 0 Å². The van der Waals surface area contributed by atoms with Gasteiger partial charge >= 0.3 is 0 Å². The summed E-state index contributed by atoms with van der Waals surface area (Å²) in [6, 6.07) is 7.56. The van der Waals surface area contributed by atoms with Gasteiger partial charge < -0.3 is 20.5 Å². The highest BCUT2D eigenvalue weighted by atomic mass is 16.5. The number of carbonyl (C=O) groups is 2. The molecule has 8 nitrogen and oxygen atoms in total. The Balaban J connectivity index is 1.49. The second-order valence-electron chi connectivity index (χ2n) is 10.8. The molecule has 2 heterocycles. The second kappa shape index (κ2) is 9.21. The SMILES string of the molecule is CC[C@]1(C)CC(=O)N([C@H](CCOC)C2C[C@H]2C(=O)N[C@H]2CC(C)(C)Oc3ccccc32)C(N)=N1. The molecule has 2 amide bonds. The molecule has 1 aliphatic carbocycles. The number of methoxy groups -OCH3 is 1. The van der Waals surface area contributed by atoms with Crippen molar-refractivity contribution in [1.82, 2.24) is 10.2 Å². The average Bonchev–Trinajstić information content (AvgIpc) is 3.55. The Morgan fingerprint density at radius 3 is 2.76 bits per heavy atom. The Morgan fingerprint density at radius 1 is 1.35 bits per heavy atom. The lowest BCUT2D eigenvalue weighted by atomic mass is 9.89. The van der Waals surface area contributed by atoms with Gasteiger partial charge in [-0.3, -0.25) is 14.5 Å². The normalized spacial score (nSPS) is 30.6. The molecule has 2 aliphatic heterocycles. The summed E-state index contributed by atoms with van der Waals surface area (Å²) < 4.78 is 11.4. The molecule has 1 unspecified atom stereocenters. The Kier molecular flexibility index (Phi) is 6.64. The molecule has 8 heteroatoms. The van der Waals surface area contributed by atoms with Crippen LogP contribution in [-0.2, 0) is 14.3 Å². The van der Waals surface area contributed by atoms with Crippen LogP contribution in [0.1, 0.15) is 71.4 Å². The van der Waals surface area contributed by atoms with Gasteiger partial charge in [0.15, 0.2) is 5.96 Å². The third kappa shape index (κ3) is 4.92. The van der Waals surface area contributed by atoms with Gasteiger partial charge in [0.25, 0.3) is 0 Å². The number of rotatable bonds is 8. The number of para-hydroxylation sites is 1. The lowest BCUT2D eigenvalue weighted by Gasteiger charge is -2.39. The highest BCUT2D eigenvalue weighted by molar-refractivity contribution is 5.99. The molecule has 4 rings (SSSR count). The van der Waals surface area contributed by atoms with E-state index in [-0.39, 0.29) is 47.3 Å². The lowest BCUT2D eigenvalue weighted by Crippen LogP contribution is -2.56.